The van der Waals surface area contributed by atoms with E-state index in [1.807, 2.05) is 0 Å². The van der Waals surface area contributed by atoms with Crippen molar-refractivity contribution in [3.63, 3.8) is 0 Å². The van der Waals surface area contributed by atoms with E-state index in [0.717, 1.165) is 6.42 Å². The van der Waals surface area contributed by atoms with E-state index in [2.05, 4.69) is 10.0 Å². The van der Waals surface area contributed by atoms with Crippen LogP contribution in [0.25, 0.3) is 10.4 Å². The van der Waals surface area contributed by atoms with Crippen LogP contribution in [0, 0.1) is 6.92 Å². The Morgan fingerprint density at radius 2 is 1.36 bits per heavy atom. The average molecular weight is 459 g/mol. The minimum absolute atomic E-state index is 0.0626. The normalized spacial score (nSPS) is 10.2. The lowest BCUT2D eigenvalue weighted by molar-refractivity contribution is 0.0685. The number of carbonyl (C=O) groups is 2. The van der Waals surface area contributed by atoms with Crippen molar-refractivity contribution in [2.75, 3.05) is 27.4 Å². The van der Waals surface area contributed by atoms with Crippen molar-refractivity contribution in [1.29, 1.82) is 0 Å². The van der Waals surface area contributed by atoms with Crippen molar-refractivity contribution >= 4 is 17.6 Å². The van der Waals surface area contributed by atoms with E-state index >= 15 is 0 Å². The van der Waals surface area contributed by atoms with Gasteiger partial charge in [-0.15, -0.1) is 0 Å². The number of unbranched alkanes of at least 4 members (excludes halogenated alkanes) is 2. The Balaban J connectivity index is 1.88. The maximum absolute atomic E-state index is 11.3. The fraction of sp³-hybridized carbons (Fsp3) is 0.364. The molecule has 0 heterocycles. The summed E-state index contributed by atoms with van der Waals surface area (Å²) in [6.45, 7) is 2.42. The number of hydrogen-bond donors (Lipinski definition) is 2. The Morgan fingerprint density at radius 1 is 0.848 bits per heavy atom. The van der Waals surface area contributed by atoms with Gasteiger partial charge in [-0.25, -0.2) is 9.59 Å². The second-order valence-corrected chi connectivity index (χ2v) is 6.90. The van der Waals surface area contributed by atoms with E-state index in [0.29, 0.717) is 43.1 Å². The molecule has 2 aromatic carbocycles. The molecule has 0 atom stereocenters. The maximum Gasteiger partial charge on any atom is 0.336 e. The molecule has 0 aliphatic rings. The predicted octanol–water partition coefficient (Wildman–Crippen LogP) is 4.98. The summed E-state index contributed by atoms with van der Waals surface area (Å²) in [7, 11) is 2.84. The lowest BCUT2D eigenvalue weighted by Gasteiger charge is -2.14. The lowest BCUT2D eigenvalue weighted by Crippen LogP contribution is -2.05. The summed E-state index contributed by atoms with van der Waals surface area (Å²) in [5.41, 5.74) is 9.15. The van der Waals surface area contributed by atoms with Crippen molar-refractivity contribution in [2.24, 2.45) is 5.11 Å². The van der Waals surface area contributed by atoms with Crippen LogP contribution < -0.4 is 18.9 Å². The molecule has 11 heteroatoms. The topological polar surface area (TPSA) is 160 Å². The van der Waals surface area contributed by atoms with E-state index in [-0.39, 0.29) is 28.3 Å². The zero-order valence-corrected chi connectivity index (χ0v) is 18.5. The number of methoxy groups -OCH3 is 2. The fourth-order valence-corrected chi connectivity index (χ4v) is 3.03. The molecule has 33 heavy (non-hydrogen) atoms. The van der Waals surface area contributed by atoms with Gasteiger partial charge in [0.1, 0.15) is 0 Å². The molecule has 11 nitrogen and oxygen atoms in total. The Hall–Kier alpha value is -4.11. The van der Waals surface area contributed by atoms with E-state index in [1.54, 1.807) is 13.0 Å². The third-order valence-electron chi connectivity index (χ3n) is 4.71. The van der Waals surface area contributed by atoms with Gasteiger partial charge in [0, 0.05) is 4.91 Å². The summed E-state index contributed by atoms with van der Waals surface area (Å²) in [5.74, 6) is -0.941. The van der Waals surface area contributed by atoms with Crippen LogP contribution in [0.4, 0.5) is 5.69 Å². The van der Waals surface area contributed by atoms with Gasteiger partial charge >= 0.3 is 11.9 Å². The molecule has 2 rings (SSSR count). The first kappa shape index (κ1) is 25.2. The number of nitrogens with zero attached hydrogens (tertiary/aromatic N) is 3. The summed E-state index contributed by atoms with van der Waals surface area (Å²) in [5, 5.41) is 21.8. The number of hydrogen-bond acceptors (Lipinski definition) is 7. The van der Waals surface area contributed by atoms with Gasteiger partial charge in [-0.3, -0.25) is 0 Å². The number of aromatic carboxylic acids is 2. The van der Waals surface area contributed by atoms with Crippen molar-refractivity contribution in [1.82, 2.24) is 0 Å². The first-order valence-electron chi connectivity index (χ1n) is 10.00. The number of rotatable bonds is 13. The molecule has 0 aliphatic carbocycles. The van der Waals surface area contributed by atoms with Crippen molar-refractivity contribution in [3.8, 4) is 23.0 Å². The van der Waals surface area contributed by atoms with Gasteiger partial charge in [-0.1, -0.05) is 5.11 Å². The molecule has 2 aromatic rings. The van der Waals surface area contributed by atoms with Crippen LogP contribution in [0.15, 0.2) is 29.4 Å². The van der Waals surface area contributed by atoms with Crippen LogP contribution in [0.5, 0.6) is 23.0 Å². The third-order valence-corrected chi connectivity index (χ3v) is 4.71. The molecule has 0 bridgehead atoms. The van der Waals surface area contributed by atoms with Gasteiger partial charge in [0.2, 0.25) is 0 Å². The van der Waals surface area contributed by atoms with Crippen LogP contribution in [-0.2, 0) is 0 Å². The first-order chi connectivity index (χ1) is 15.8. The molecule has 0 aromatic heterocycles. The Kier molecular flexibility index (Phi) is 9.19. The second-order valence-electron chi connectivity index (χ2n) is 6.90. The summed E-state index contributed by atoms with van der Waals surface area (Å²) < 4.78 is 21.8. The Labute approximate surface area is 190 Å². The van der Waals surface area contributed by atoms with Crippen molar-refractivity contribution in [3.05, 3.63) is 51.4 Å². The minimum atomic E-state index is -1.24. The standard InChI is InChI=1S/C22H25N3O8/c1-13-9-19(17(30-2)10-14(13)21(26)27)32-7-5-4-6-8-33-20-12-16(24-25-23)15(22(28)29)11-18(20)31-3/h9-12H,4-8H2,1-3H3,(H,26,27)(H,28,29). The molecule has 0 saturated carbocycles. The molecule has 0 fully saturated rings. The summed E-state index contributed by atoms with van der Waals surface area (Å²) >= 11 is 0. The van der Waals surface area contributed by atoms with Crippen molar-refractivity contribution < 1.29 is 38.7 Å². The van der Waals surface area contributed by atoms with Crippen LogP contribution in [-0.4, -0.2) is 49.6 Å². The van der Waals surface area contributed by atoms with Crippen LogP contribution in [0.3, 0.4) is 0 Å². The largest absolute Gasteiger partial charge is 0.493 e. The lowest BCUT2D eigenvalue weighted by atomic mass is 10.1. The van der Waals surface area contributed by atoms with Gasteiger partial charge in [-0.05, 0) is 61.5 Å². The molecule has 0 spiro atoms. The molecule has 0 radical (unpaired) electrons. The number of carboxylic acids is 2. The quantitative estimate of drug-likeness (QED) is 0.183. The maximum atomic E-state index is 11.3. The number of azide groups is 1. The predicted molar refractivity (Wildman–Crippen MR) is 118 cm³/mol. The van der Waals surface area contributed by atoms with Gasteiger partial charge in [0.05, 0.1) is 44.2 Å². The highest BCUT2D eigenvalue weighted by Crippen LogP contribution is 2.35. The number of aryl methyl sites for hydroxylation is 1. The zero-order valence-electron chi connectivity index (χ0n) is 18.5. The highest BCUT2D eigenvalue weighted by atomic mass is 16.5. The molecule has 2 N–H and O–H groups in total. The molecule has 176 valence electrons. The number of benzene rings is 2. The van der Waals surface area contributed by atoms with E-state index < -0.39 is 11.9 Å². The van der Waals surface area contributed by atoms with E-state index in [4.69, 9.17) is 24.5 Å². The monoisotopic (exact) mass is 459 g/mol. The number of carboxylic acid groups (broad SMARTS) is 2. The molecule has 0 unspecified atom stereocenters. The summed E-state index contributed by atoms with van der Waals surface area (Å²) in [4.78, 5) is 25.2. The molecular formula is C22H25N3O8. The minimum Gasteiger partial charge on any atom is -0.493 e. The highest BCUT2D eigenvalue weighted by molar-refractivity contribution is 5.94. The SMILES string of the molecule is COc1cc(C(=O)O)c(C)cc1OCCCCCOc1cc(N=[N+]=[N-])c(C(=O)O)cc1OC. The van der Waals surface area contributed by atoms with Gasteiger partial charge in [0.25, 0.3) is 0 Å². The zero-order chi connectivity index (χ0) is 24.4. The number of ether oxygens (including phenoxy) is 4. The molecular weight excluding hydrogens is 434 g/mol. The van der Waals surface area contributed by atoms with Crippen LogP contribution in [0.2, 0.25) is 0 Å². The van der Waals surface area contributed by atoms with E-state index in [9.17, 15) is 19.8 Å². The van der Waals surface area contributed by atoms with Crippen LogP contribution in [0.1, 0.15) is 45.5 Å². The van der Waals surface area contributed by atoms with E-state index in [1.165, 1.54) is 32.4 Å². The second kappa shape index (κ2) is 12.1. The highest BCUT2D eigenvalue weighted by Gasteiger charge is 2.16. The summed E-state index contributed by atoms with van der Waals surface area (Å²) in [6.07, 6.45) is 2.16. The van der Waals surface area contributed by atoms with Gasteiger partial charge < -0.3 is 29.2 Å². The smallest absolute Gasteiger partial charge is 0.336 e. The van der Waals surface area contributed by atoms with Crippen LogP contribution >= 0.6 is 0 Å². The average Bonchev–Trinajstić information content (AvgIpc) is 2.78. The molecule has 0 saturated heterocycles. The summed E-state index contributed by atoms with van der Waals surface area (Å²) in [6, 6.07) is 5.66. The van der Waals surface area contributed by atoms with Gasteiger partial charge in [0.15, 0.2) is 23.0 Å². The van der Waals surface area contributed by atoms with Crippen molar-refractivity contribution in [2.45, 2.75) is 26.2 Å². The first-order valence-corrected chi connectivity index (χ1v) is 10.00. The molecule has 0 aliphatic heterocycles. The Morgan fingerprint density at radius 3 is 1.85 bits per heavy atom. The fourth-order valence-electron chi connectivity index (χ4n) is 3.03. The Bertz CT molecular complexity index is 1060. The van der Waals surface area contributed by atoms with Gasteiger partial charge in [-0.2, -0.15) is 0 Å². The third kappa shape index (κ3) is 6.68. The molecule has 0 amide bonds.